The number of benzene rings is 1. The van der Waals surface area contributed by atoms with Crippen LogP contribution in [0.4, 0.5) is 5.69 Å². The minimum atomic E-state index is 0.0400. The van der Waals surface area contributed by atoms with Gasteiger partial charge in [-0.3, -0.25) is 4.79 Å². The predicted molar refractivity (Wildman–Crippen MR) is 80.8 cm³/mol. The minimum absolute atomic E-state index is 0.0400. The number of ether oxygens (including phenoxy) is 1. The molecule has 1 fully saturated rings. The van der Waals surface area contributed by atoms with Crippen LogP contribution >= 0.6 is 0 Å². The Morgan fingerprint density at radius 2 is 2.38 bits per heavy atom. The van der Waals surface area contributed by atoms with Crippen LogP contribution in [0.5, 0.6) is 5.75 Å². The summed E-state index contributed by atoms with van der Waals surface area (Å²) in [5, 5.41) is 12.3. The number of aliphatic hydroxyl groups excluding tert-OH is 1. The molecule has 3 rings (SSSR count). The zero-order chi connectivity index (χ0) is 14.7. The summed E-state index contributed by atoms with van der Waals surface area (Å²) >= 11 is 0. The Bertz CT molecular complexity index is 516. The van der Waals surface area contributed by atoms with Crippen LogP contribution in [0.1, 0.15) is 29.6 Å². The summed E-state index contributed by atoms with van der Waals surface area (Å²) in [6.07, 6.45) is 2.87. The number of rotatable bonds is 3. The van der Waals surface area contributed by atoms with Crippen molar-refractivity contribution in [1.29, 1.82) is 0 Å². The molecule has 1 aromatic carbocycles. The highest BCUT2D eigenvalue weighted by molar-refractivity contribution is 5.99. The van der Waals surface area contributed by atoms with Crippen LogP contribution in [-0.2, 0) is 0 Å². The first-order chi connectivity index (χ1) is 10.3. The summed E-state index contributed by atoms with van der Waals surface area (Å²) in [6, 6.07) is 5.67. The maximum atomic E-state index is 12.8. The fourth-order valence-electron chi connectivity index (χ4n) is 3.18. The molecular weight excluding hydrogens is 268 g/mol. The smallest absolute Gasteiger partial charge is 0.257 e. The van der Waals surface area contributed by atoms with E-state index in [-0.39, 0.29) is 12.5 Å². The van der Waals surface area contributed by atoms with Crippen LogP contribution in [0.3, 0.4) is 0 Å². The van der Waals surface area contributed by atoms with Gasteiger partial charge in [-0.05, 0) is 37.3 Å². The van der Waals surface area contributed by atoms with Gasteiger partial charge in [0.2, 0.25) is 0 Å². The Morgan fingerprint density at radius 1 is 1.48 bits per heavy atom. The topological polar surface area (TPSA) is 61.8 Å². The fourth-order valence-corrected chi connectivity index (χ4v) is 3.18. The molecule has 1 amide bonds. The summed E-state index contributed by atoms with van der Waals surface area (Å²) in [6.45, 7) is 3.08. The van der Waals surface area contributed by atoms with Gasteiger partial charge < -0.3 is 20.1 Å². The molecule has 0 bridgehead atoms. The number of piperidine rings is 1. The predicted octanol–water partition coefficient (Wildman–Crippen LogP) is 1.73. The molecule has 5 heteroatoms. The number of nitrogens with zero attached hydrogens (tertiary/aromatic N) is 1. The number of fused-ring (bicyclic) bond motifs is 1. The maximum Gasteiger partial charge on any atom is 0.257 e. The molecule has 21 heavy (non-hydrogen) atoms. The second kappa shape index (κ2) is 6.35. The van der Waals surface area contributed by atoms with E-state index in [2.05, 4.69) is 5.32 Å². The molecule has 0 spiro atoms. The molecule has 2 N–H and O–H groups in total. The molecule has 2 heterocycles. The fraction of sp³-hybridized carbons (Fsp3) is 0.562. The van der Waals surface area contributed by atoms with Crippen molar-refractivity contribution in [3.8, 4) is 5.75 Å². The lowest BCUT2D eigenvalue weighted by molar-refractivity contribution is 0.0649. The van der Waals surface area contributed by atoms with E-state index in [4.69, 9.17) is 9.84 Å². The number of nitrogens with one attached hydrogen (secondary N) is 1. The van der Waals surface area contributed by atoms with Crippen molar-refractivity contribution in [2.75, 3.05) is 38.2 Å². The summed E-state index contributed by atoms with van der Waals surface area (Å²) in [4.78, 5) is 14.7. The van der Waals surface area contributed by atoms with E-state index < -0.39 is 0 Å². The third kappa shape index (κ3) is 2.97. The number of likely N-dealkylation sites (tertiary alicyclic amines) is 1. The monoisotopic (exact) mass is 290 g/mol. The van der Waals surface area contributed by atoms with Gasteiger partial charge in [-0.2, -0.15) is 0 Å². The number of anilines is 1. The molecule has 114 valence electrons. The SMILES string of the molecule is O=C(c1cccc2c1OCCN2)N1CCCC(CCO)C1. The first-order valence-corrected chi connectivity index (χ1v) is 7.69. The summed E-state index contributed by atoms with van der Waals surface area (Å²) in [7, 11) is 0. The second-order valence-electron chi connectivity index (χ2n) is 5.73. The van der Waals surface area contributed by atoms with Crippen molar-refractivity contribution in [3.05, 3.63) is 23.8 Å². The van der Waals surface area contributed by atoms with E-state index >= 15 is 0 Å². The molecule has 0 aliphatic carbocycles. The zero-order valence-electron chi connectivity index (χ0n) is 12.2. The quantitative estimate of drug-likeness (QED) is 0.890. The van der Waals surface area contributed by atoms with E-state index in [1.807, 2.05) is 23.1 Å². The van der Waals surface area contributed by atoms with Gasteiger partial charge in [0.15, 0.2) is 5.75 Å². The molecular formula is C16H22N2O3. The van der Waals surface area contributed by atoms with Gasteiger partial charge in [0.1, 0.15) is 6.61 Å². The van der Waals surface area contributed by atoms with Crippen molar-refractivity contribution < 1.29 is 14.6 Å². The second-order valence-corrected chi connectivity index (χ2v) is 5.73. The Hall–Kier alpha value is -1.75. The Labute approximate surface area is 124 Å². The highest BCUT2D eigenvalue weighted by Gasteiger charge is 2.27. The average molecular weight is 290 g/mol. The molecule has 1 unspecified atom stereocenters. The number of para-hydroxylation sites is 1. The van der Waals surface area contributed by atoms with Crippen LogP contribution in [0.15, 0.2) is 18.2 Å². The van der Waals surface area contributed by atoms with Crippen molar-refractivity contribution in [2.24, 2.45) is 5.92 Å². The van der Waals surface area contributed by atoms with Gasteiger partial charge in [0, 0.05) is 26.2 Å². The standard InChI is InChI=1S/C16H22N2O3/c19-9-6-12-3-2-8-18(11-12)16(20)13-4-1-5-14-15(13)21-10-7-17-14/h1,4-5,12,17,19H,2-3,6-11H2. The van der Waals surface area contributed by atoms with Crippen molar-refractivity contribution >= 4 is 11.6 Å². The summed E-state index contributed by atoms with van der Waals surface area (Å²) in [5.41, 5.74) is 1.54. The van der Waals surface area contributed by atoms with Crippen LogP contribution in [-0.4, -0.2) is 48.8 Å². The maximum absolute atomic E-state index is 12.8. The highest BCUT2D eigenvalue weighted by atomic mass is 16.5. The van der Waals surface area contributed by atoms with E-state index in [1.165, 1.54) is 0 Å². The minimum Gasteiger partial charge on any atom is -0.489 e. The first-order valence-electron chi connectivity index (χ1n) is 7.69. The first kappa shape index (κ1) is 14.2. The molecule has 0 radical (unpaired) electrons. The molecule has 1 aromatic rings. The number of amides is 1. The Balaban J connectivity index is 1.79. The van der Waals surface area contributed by atoms with Gasteiger partial charge in [-0.1, -0.05) is 6.07 Å². The van der Waals surface area contributed by atoms with Crippen molar-refractivity contribution in [3.63, 3.8) is 0 Å². The van der Waals surface area contributed by atoms with Crippen LogP contribution in [0.2, 0.25) is 0 Å². The van der Waals surface area contributed by atoms with Gasteiger partial charge in [0.05, 0.1) is 11.3 Å². The lowest BCUT2D eigenvalue weighted by Crippen LogP contribution is -2.40. The largest absolute Gasteiger partial charge is 0.489 e. The average Bonchev–Trinajstić information content (AvgIpc) is 2.54. The molecule has 1 atom stereocenters. The molecule has 5 nitrogen and oxygen atoms in total. The third-order valence-electron chi connectivity index (χ3n) is 4.25. The van der Waals surface area contributed by atoms with Gasteiger partial charge in [-0.25, -0.2) is 0 Å². The van der Waals surface area contributed by atoms with E-state index in [9.17, 15) is 4.79 Å². The normalized spacial score (nSPS) is 21.2. The number of hydrogen-bond acceptors (Lipinski definition) is 4. The van der Waals surface area contributed by atoms with Crippen LogP contribution in [0, 0.1) is 5.92 Å². The molecule has 2 aliphatic rings. The van der Waals surface area contributed by atoms with Gasteiger partial charge in [0.25, 0.3) is 5.91 Å². The number of carbonyl (C=O) groups is 1. The molecule has 1 saturated heterocycles. The number of carbonyl (C=O) groups excluding carboxylic acids is 1. The lowest BCUT2D eigenvalue weighted by Gasteiger charge is -2.33. The Kier molecular flexibility index (Phi) is 4.29. The molecule has 0 aromatic heterocycles. The van der Waals surface area contributed by atoms with Crippen LogP contribution in [0.25, 0.3) is 0 Å². The summed E-state index contributed by atoms with van der Waals surface area (Å²) in [5.74, 6) is 1.13. The third-order valence-corrected chi connectivity index (χ3v) is 4.25. The zero-order valence-corrected chi connectivity index (χ0v) is 12.2. The number of hydrogen-bond donors (Lipinski definition) is 2. The van der Waals surface area contributed by atoms with Crippen molar-refractivity contribution in [1.82, 2.24) is 4.90 Å². The van der Waals surface area contributed by atoms with Crippen molar-refractivity contribution in [2.45, 2.75) is 19.3 Å². The van der Waals surface area contributed by atoms with Gasteiger partial charge in [-0.15, -0.1) is 0 Å². The summed E-state index contributed by atoms with van der Waals surface area (Å²) < 4.78 is 5.69. The van der Waals surface area contributed by atoms with Gasteiger partial charge >= 0.3 is 0 Å². The van der Waals surface area contributed by atoms with E-state index in [0.717, 1.165) is 44.6 Å². The molecule has 0 saturated carbocycles. The Morgan fingerprint density at radius 3 is 3.24 bits per heavy atom. The molecule has 2 aliphatic heterocycles. The van der Waals surface area contributed by atoms with E-state index in [1.54, 1.807) is 0 Å². The van der Waals surface area contributed by atoms with E-state index in [0.29, 0.717) is 23.8 Å². The van der Waals surface area contributed by atoms with Crippen LogP contribution < -0.4 is 10.1 Å². The lowest BCUT2D eigenvalue weighted by atomic mass is 9.94. The number of aliphatic hydroxyl groups is 1. The highest BCUT2D eigenvalue weighted by Crippen LogP contribution is 2.33.